The van der Waals surface area contributed by atoms with E-state index in [-0.39, 0.29) is 11.8 Å². The van der Waals surface area contributed by atoms with E-state index in [0.29, 0.717) is 30.8 Å². The summed E-state index contributed by atoms with van der Waals surface area (Å²) >= 11 is 0. The second kappa shape index (κ2) is 6.24. The summed E-state index contributed by atoms with van der Waals surface area (Å²) in [5, 5.41) is 9.71. The maximum absolute atomic E-state index is 13.0. The fourth-order valence-corrected chi connectivity index (χ4v) is 4.52. The molecule has 5 nitrogen and oxygen atoms in total. The summed E-state index contributed by atoms with van der Waals surface area (Å²) < 4.78 is 0. The molecule has 2 heterocycles. The minimum absolute atomic E-state index is 0.0702. The van der Waals surface area contributed by atoms with Gasteiger partial charge in [0, 0.05) is 18.7 Å². The van der Waals surface area contributed by atoms with Gasteiger partial charge in [-0.15, -0.1) is 0 Å². The predicted octanol–water partition coefficient (Wildman–Crippen LogP) is 3.38. The third-order valence-corrected chi connectivity index (χ3v) is 5.97. The number of carbonyl (C=O) groups is 2. The van der Waals surface area contributed by atoms with Gasteiger partial charge in [0.15, 0.2) is 0 Å². The largest absolute Gasteiger partial charge is 0.481 e. The number of carboxylic acid groups (broad SMARTS) is 1. The Morgan fingerprint density at radius 2 is 1.96 bits per heavy atom. The number of carboxylic acids is 1. The van der Waals surface area contributed by atoms with Gasteiger partial charge in [0.2, 0.25) is 0 Å². The molecular weight excluding hydrogens is 328 g/mol. The fourth-order valence-electron chi connectivity index (χ4n) is 4.52. The fraction of sp³-hybridized carbons (Fsp3) is 0.381. The van der Waals surface area contributed by atoms with Crippen molar-refractivity contribution in [1.29, 1.82) is 0 Å². The maximum Gasteiger partial charge on any atom is 0.311 e. The monoisotopic (exact) mass is 350 g/mol. The molecule has 0 unspecified atom stereocenters. The van der Waals surface area contributed by atoms with Crippen LogP contribution in [0.4, 0.5) is 0 Å². The van der Waals surface area contributed by atoms with Crippen molar-refractivity contribution in [3.63, 3.8) is 0 Å². The van der Waals surface area contributed by atoms with Gasteiger partial charge in [-0.1, -0.05) is 36.8 Å². The smallest absolute Gasteiger partial charge is 0.311 e. The van der Waals surface area contributed by atoms with Crippen molar-refractivity contribution in [2.45, 2.75) is 26.2 Å². The first-order valence-electron chi connectivity index (χ1n) is 9.07. The van der Waals surface area contributed by atoms with Gasteiger partial charge in [-0.3, -0.25) is 14.6 Å². The molecule has 1 aliphatic heterocycles. The number of amides is 1. The molecule has 1 aromatic heterocycles. The molecule has 1 saturated heterocycles. The Hall–Kier alpha value is -2.69. The number of aromatic nitrogens is 1. The topological polar surface area (TPSA) is 70.5 Å². The molecule has 26 heavy (non-hydrogen) atoms. The van der Waals surface area contributed by atoms with Crippen molar-refractivity contribution in [2.24, 2.45) is 11.3 Å². The number of carbonyl (C=O) groups excluding carboxylic acids is 1. The number of hydrogen-bond donors (Lipinski definition) is 1. The zero-order chi connectivity index (χ0) is 18.3. The van der Waals surface area contributed by atoms with E-state index in [1.807, 2.05) is 49.4 Å². The standard InChI is InChI=1S/C21H22N2O3/c1-14-17(9-10-18(22-14)15-6-3-2-4-7-15)19(24)23-12-16-8-5-11-21(16,13-23)20(25)26/h2-4,6-7,9-10,16H,5,8,11-13H2,1H3,(H,25,26)/t16-,21+/m0/s1. The highest BCUT2D eigenvalue weighted by Crippen LogP contribution is 2.49. The first kappa shape index (κ1) is 16.8. The van der Waals surface area contributed by atoms with E-state index in [1.54, 1.807) is 4.90 Å². The van der Waals surface area contributed by atoms with Crippen molar-refractivity contribution >= 4 is 11.9 Å². The van der Waals surface area contributed by atoms with Crippen molar-refractivity contribution in [3.05, 3.63) is 53.7 Å². The van der Waals surface area contributed by atoms with E-state index in [4.69, 9.17) is 0 Å². The second-order valence-corrected chi connectivity index (χ2v) is 7.43. The first-order valence-corrected chi connectivity index (χ1v) is 9.07. The second-order valence-electron chi connectivity index (χ2n) is 7.43. The number of aliphatic carboxylic acids is 1. The van der Waals surface area contributed by atoms with Crippen molar-refractivity contribution < 1.29 is 14.7 Å². The predicted molar refractivity (Wildman–Crippen MR) is 97.7 cm³/mol. The molecule has 1 saturated carbocycles. The van der Waals surface area contributed by atoms with Crippen molar-refractivity contribution in [2.75, 3.05) is 13.1 Å². The average molecular weight is 350 g/mol. The Morgan fingerprint density at radius 1 is 1.19 bits per heavy atom. The summed E-state index contributed by atoms with van der Waals surface area (Å²) in [5.74, 6) is -0.796. The number of nitrogens with zero attached hydrogens (tertiary/aromatic N) is 2. The van der Waals surface area contributed by atoms with E-state index in [1.165, 1.54) is 0 Å². The molecule has 0 spiro atoms. The third kappa shape index (κ3) is 2.59. The summed E-state index contributed by atoms with van der Waals surface area (Å²) in [6.07, 6.45) is 2.49. The normalized spacial score (nSPS) is 24.5. The number of pyridine rings is 1. The summed E-state index contributed by atoms with van der Waals surface area (Å²) in [5.41, 5.74) is 2.33. The lowest BCUT2D eigenvalue weighted by Crippen LogP contribution is -2.37. The van der Waals surface area contributed by atoms with Gasteiger partial charge in [0.1, 0.15) is 0 Å². The van der Waals surface area contributed by atoms with E-state index < -0.39 is 11.4 Å². The van der Waals surface area contributed by atoms with Gasteiger partial charge in [0.25, 0.3) is 5.91 Å². The molecule has 1 amide bonds. The van der Waals surface area contributed by atoms with E-state index in [2.05, 4.69) is 4.98 Å². The first-order chi connectivity index (χ1) is 12.5. The number of likely N-dealkylation sites (tertiary alicyclic amines) is 1. The molecule has 134 valence electrons. The van der Waals surface area contributed by atoms with Crippen LogP contribution in [0.3, 0.4) is 0 Å². The lowest BCUT2D eigenvalue weighted by Gasteiger charge is -2.23. The third-order valence-electron chi connectivity index (χ3n) is 5.97. The molecule has 5 heteroatoms. The van der Waals surface area contributed by atoms with Crippen LogP contribution in [0.1, 0.15) is 35.3 Å². The highest BCUT2D eigenvalue weighted by Gasteiger charge is 2.55. The van der Waals surface area contributed by atoms with Crippen LogP contribution in [-0.4, -0.2) is 40.0 Å². The summed E-state index contributed by atoms with van der Waals surface area (Å²) in [6, 6.07) is 13.5. The number of hydrogen-bond acceptors (Lipinski definition) is 3. The van der Waals surface area contributed by atoms with Gasteiger partial charge in [-0.2, -0.15) is 0 Å². The quantitative estimate of drug-likeness (QED) is 0.921. The molecule has 2 atom stereocenters. The van der Waals surface area contributed by atoms with Crippen LogP contribution in [0.2, 0.25) is 0 Å². The van der Waals surface area contributed by atoms with Crippen LogP contribution < -0.4 is 0 Å². The molecule has 0 radical (unpaired) electrons. The summed E-state index contributed by atoms with van der Waals surface area (Å²) in [7, 11) is 0. The van der Waals surface area contributed by atoms with E-state index in [0.717, 1.165) is 24.1 Å². The van der Waals surface area contributed by atoms with Crippen LogP contribution >= 0.6 is 0 Å². The Labute approximate surface area is 152 Å². The van der Waals surface area contributed by atoms with Gasteiger partial charge in [-0.05, 0) is 37.8 Å². The van der Waals surface area contributed by atoms with Gasteiger partial charge in [-0.25, -0.2) is 0 Å². The average Bonchev–Trinajstić information content (AvgIpc) is 3.20. The number of benzene rings is 1. The highest BCUT2D eigenvalue weighted by atomic mass is 16.4. The van der Waals surface area contributed by atoms with Crippen LogP contribution in [0, 0.1) is 18.3 Å². The molecule has 0 bridgehead atoms. The zero-order valence-electron chi connectivity index (χ0n) is 14.8. The van der Waals surface area contributed by atoms with Gasteiger partial charge >= 0.3 is 5.97 Å². The van der Waals surface area contributed by atoms with Crippen molar-refractivity contribution in [3.8, 4) is 11.3 Å². The number of fused-ring (bicyclic) bond motifs is 1. The highest BCUT2D eigenvalue weighted by molar-refractivity contribution is 5.96. The van der Waals surface area contributed by atoms with Gasteiger partial charge in [0.05, 0.1) is 22.4 Å². The van der Waals surface area contributed by atoms with E-state index in [9.17, 15) is 14.7 Å². The Morgan fingerprint density at radius 3 is 2.62 bits per heavy atom. The minimum atomic E-state index is -0.760. The van der Waals surface area contributed by atoms with Crippen LogP contribution in [0.25, 0.3) is 11.3 Å². The minimum Gasteiger partial charge on any atom is -0.481 e. The zero-order valence-corrected chi connectivity index (χ0v) is 14.8. The van der Waals surface area contributed by atoms with Crippen LogP contribution in [0.15, 0.2) is 42.5 Å². The molecule has 2 fully saturated rings. The van der Waals surface area contributed by atoms with Crippen LogP contribution in [-0.2, 0) is 4.79 Å². The van der Waals surface area contributed by atoms with Gasteiger partial charge < -0.3 is 10.0 Å². The molecule has 4 rings (SSSR count). The molecule has 1 N–H and O–H groups in total. The lowest BCUT2D eigenvalue weighted by atomic mass is 9.81. The Kier molecular flexibility index (Phi) is 4.02. The Balaban J connectivity index is 1.59. The Bertz CT molecular complexity index is 865. The molecule has 2 aromatic rings. The number of aryl methyl sites for hydroxylation is 1. The molecule has 1 aliphatic carbocycles. The lowest BCUT2D eigenvalue weighted by molar-refractivity contribution is -0.149. The summed E-state index contributed by atoms with van der Waals surface area (Å²) in [6.45, 7) is 2.68. The SMILES string of the molecule is Cc1nc(-c2ccccc2)ccc1C(=O)N1C[C@@H]2CCC[C@@]2(C(=O)O)C1. The molecule has 2 aliphatic rings. The van der Waals surface area contributed by atoms with Crippen LogP contribution in [0.5, 0.6) is 0 Å². The van der Waals surface area contributed by atoms with E-state index >= 15 is 0 Å². The number of rotatable bonds is 3. The molecule has 1 aromatic carbocycles. The molecular formula is C21H22N2O3. The van der Waals surface area contributed by atoms with Crippen molar-refractivity contribution in [1.82, 2.24) is 9.88 Å². The maximum atomic E-state index is 13.0. The summed E-state index contributed by atoms with van der Waals surface area (Å²) in [4.78, 5) is 31.1.